The van der Waals surface area contributed by atoms with E-state index in [1.165, 1.54) is 12.1 Å². The molecule has 6 heteroatoms. The van der Waals surface area contributed by atoms with Gasteiger partial charge in [0.1, 0.15) is 5.82 Å². The first-order valence-electron chi connectivity index (χ1n) is 8.14. The lowest BCUT2D eigenvalue weighted by molar-refractivity contribution is 0.201. The summed E-state index contributed by atoms with van der Waals surface area (Å²) in [7, 11) is 1.92. The number of benzene rings is 1. The predicted octanol–water partition coefficient (Wildman–Crippen LogP) is 2.70. The largest absolute Gasteiger partial charge is 0.338 e. The molecule has 23 heavy (non-hydrogen) atoms. The molecule has 0 aliphatic carbocycles. The molecule has 1 aromatic carbocycles. The maximum atomic E-state index is 13.0. The second kappa shape index (κ2) is 7.19. The van der Waals surface area contributed by atoms with Crippen molar-refractivity contribution in [3.63, 3.8) is 0 Å². The van der Waals surface area contributed by atoms with Crippen molar-refractivity contribution in [3.05, 3.63) is 47.4 Å². The minimum atomic E-state index is -0.202. The fraction of sp³-hybridized carbons (Fsp3) is 0.529. The minimum Gasteiger partial charge on any atom is -0.338 e. The number of nitrogens with zero attached hydrogens (tertiary/aromatic N) is 3. The third-order valence-corrected chi connectivity index (χ3v) is 4.41. The van der Waals surface area contributed by atoms with Crippen molar-refractivity contribution in [2.45, 2.75) is 44.8 Å². The third kappa shape index (κ3) is 3.95. The summed E-state index contributed by atoms with van der Waals surface area (Å²) in [4.78, 5) is 6.89. The minimum absolute atomic E-state index is 0.159. The molecule has 2 heterocycles. The molecule has 0 spiro atoms. The first kappa shape index (κ1) is 16.1. The number of halogens is 1. The number of hydrogen-bond acceptors (Lipinski definition) is 5. The van der Waals surface area contributed by atoms with Crippen LogP contribution < -0.4 is 5.32 Å². The van der Waals surface area contributed by atoms with Crippen molar-refractivity contribution in [1.82, 2.24) is 20.4 Å². The van der Waals surface area contributed by atoms with Crippen molar-refractivity contribution < 1.29 is 8.91 Å². The van der Waals surface area contributed by atoms with E-state index in [1.54, 1.807) is 0 Å². The quantitative estimate of drug-likeness (QED) is 0.887. The van der Waals surface area contributed by atoms with Crippen molar-refractivity contribution in [2.24, 2.45) is 0 Å². The van der Waals surface area contributed by atoms with Gasteiger partial charge in [-0.15, -0.1) is 0 Å². The molecule has 2 unspecified atom stereocenters. The monoisotopic (exact) mass is 318 g/mol. The highest BCUT2D eigenvalue weighted by Gasteiger charge is 2.30. The van der Waals surface area contributed by atoms with Crippen LogP contribution in [0.4, 0.5) is 4.39 Å². The van der Waals surface area contributed by atoms with Crippen molar-refractivity contribution in [2.75, 3.05) is 13.6 Å². The van der Waals surface area contributed by atoms with Crippen LogP contribution in [-0.4, -0.2) is 34.7 Å². The lowest BCUT2D eigenvalue weighted by atomic mass is 10.1. The number of nitrogens with one attached hydrogen (secondary N) is 1. The molecule has 0 amide bonds. The van der Waals surface area contributed by atoms with E-state index in [4.69, 9.17) is 4.52 Å². The molecule has 1 N–H and O–H groups in total. The van der Waals surface area contributed by atoms with Crippen LogP contribution in [-0.2, 0) is 13.0 Å². The van der Waals surface area contributed by atoms with Crippen LogP contribution in [0.2, 0.25) is 0 Å². The lowest BCUT2D eigenvalue weighted by Crippen LogP contribution is -2.24. The van der Waals surface area contributed by atoms with E-state index >= 15 is 0 Å². The molecule has 0 bridgehead atoms. The summed E-state index contributed by atoms with van der Waals surface area (Å²) in [5.74, 6) is 1.24. The molecule has 5 nitrogen and oxygen atoms in total. The molecule has 2 aromatic rings. The molecule has 1 aromatic heterocycles. The summed E-state index contributed by atoms with van der Waals surface area (Å²) in [6.07, 6.45) is 2.88. The van der Waals surface area contributed by atoms with Crippen LogP contribution in [0.1, 0.15) is 43.1 Å². The van der Waals surface area contributed by atoms with Crippen LogP contribution >= 0.6 is 0 Å². The van der Waals surface area contributed by atoms with Gasteiger partial charge in [-0.25, -0.2) is 4.39 Å². The fourth-order valence-corrected chi connectivity index (χ4v) is 2.98. The van der Waals surface area contributed by atoms with E-state index in [0.29, 0.717) is 11.9 Å². The van der Waals surface area contributed by atoms with Gasteiger partial charge in [-0.2, -0.15) is 4.98 Å². The number of likely N-dealkylation sites (N-methyl/N-ethyl adjacent to an activating group) is 1. The Kier molecular flexibility index (Phi) is 5.03. The lowest BCUT2D eigenvalue weighted by Gasteiger charge is -2.21. The Bertz CT molecular complexity index is 628. The van der Waals surface area contributed by atoms with Gasteiger partial charge in [0, 0.05) is 19.0 Å². The van der Waals surface area contributed by atoms with Gasteiger partial charge in [0.2, 0.25) is 5.89 Å². The van der Waals surface area contributed by atoms with E-state index in [1.807, 2.05) is 19.2 Å². The Morgan fingerprint density at radius 3 is 2.91 bits per heavy atom. The van der Waals surface area contributed by atoms with Gasteiger partial charge in [-0.1, -0.05) is 17.3 Å². The topological polar surface area (TPSA) is 54.2 Å². The van der Waals surface area contributed by atoms with Gasteiger partial charge >= 0.3 is 0 Å². The highest BCUT2D eigenvalue weighted by molar-refractivity contribution is 5.16. The predicted molar refractivity (Wildman–Crippen MR) is 85.3 cm³/mol. The average molecular weight is 318 g/mol. The molecule has 1 aliphatic heterocycles. The zero-order chi connectivity index (χ0) is 16.2. The summed E-state index contributed by atoms with van der Waals surface area (Å²) in [5.41, 5.74) is 1.10. The van der Waals surface area contributed by atoms with Gasteiger partial charge in [0.05, 0.1) is 6.04 Å². The van der Waals surface area contributed by atoms with Crippen LogP contribution in [0.5, 0.6) is 0 Å². The third-order valence-electron chi connectivity index (χ3n) is 4.41. The second-order valence-corrected chi connectivity index (χ2v) is 6.20. The summed E-state index contributed by atoms with van der Waals surface area (Å²) in [6.45, 7) is 3.86. The van der Waals surface area contributed by atoms with Gasteiger partial charge in [-0.05, 0) is 51.1 Å². The van der Waals surface area contributed by atoms with Crippen molar-refractivity contribution >= 4 is 0 Å². The van der Waals surface area contributed by atoms with E-state index in [9.17, 15) is 4.39 Å². The normalized spacial score (nSPS) is 20.0. The first-order chi connectivity index (χ1) is 11.2. The molecule has 1 saturated heterocycles. The van der Waals surface area contributed by atoms with Crippen LogP contribution in [0.25, 0.3) is 0 Å². The Morgan fingerprint density at radius 1 is 1.39 bits per heavy atom. The number of likely N-dealkylation sites (tertiary alicyclic amines) is 1. The molecule has 0 radical (unpaired) electrons. The summed E-state index contributed by atoms with van der Waals surface area (Å²) >= 11 is 0. The molecular weight excluding hydrogens is 295 g/mol. The van der Waals surface area contributed by atoms with Crippen LogP contribution in [0, 0.1) is 5.82 Å². The molecule has 2 atom stereocenters. The van der Waals surface area contributed by atoms with E-state index in [2.05, 4.69) is 27.3 Å². The molecule has 124 valence electrons. The van der Waals surface area contributed by atoms with E-state index in [0.717, 1.165) is 43.7 Å². The van der Waals surface area contributed by atoms with Gasteiger partial charge < -0.3 is 9.84 Å². The standard InChI is InChI=1S/C17H23FN4O/c1-12(19-2)10-16-20-17(23-21-16)15-4-3-9-22(15)11-13-5-7-14(18)8-6-13/h5-8,12,15,19H,3-4,9-11H2,1-2H3. The van der Waals surface area contributed by atoms with Gasteiger partial charge in [0.15, 0.2) is 5.82 Å². The van der Waals surface area contributed by atoms with Crippen molar-refractivity contribution in [3.8, 4) is 0 Å². The Balaban J connectivity index is 1.67. The number of aromatic nitrogens is 2. The maximum Gasteiger partial charge on any atom is 0.244 e. The summed E-state index contributed by atoms with van der Waals surface area (Å²) in [5, 5.41) is 7.27. The molecule has 3 rings (SSSR count). The zero-order valence-corrected chi connectivity index (χ0v) is 13.6. The summed E-state index contributed by atoms with van der Waals surface area (Å²) < 4.78 is 18.5. The Hall–Kier alpha value is -1.79. The number of hydrogen-bond donors (Lipinski definition) is 1. The first-order valence-corrected chi connectivity index (χ1v) is 8.14. The maximum absolute atomic E-state index is 13.0. The average Bonchev–Trinajstić information content (AvgIpc) is 3.18. The smallest absolute Gasteiger partial charge is 0.244 e. The van der Waals surface area contributed by atoms with Gasteiger partial charge in [0.25, 0.3) is 0 Å². The SMILES string of the molecule is CNC(C)Cc1noc(C2CCCN2Cc2ccc(F)cc2)n1. The Labute approximate surface area is 135 Å². The number of rotatable bonds is 6. The van der Waals surface area contributed by atoms with Crippen molar-refractivity contribution in [1.29, 1.82) is 0 Å². The highest BCUT2D eigenvalue weighted by Crippen LogP contribution is 2.32. The van der Waals surface area contributed by atoms with Gasteiger partial charge in [-0.3, -0.25) is 4.90 Å². The fourth-order valence-electron chi connectivity index (χ4n) is 2.98. The zero-order valence-electron chi connectivity index (χ0n) is 13.6. The Morgan fingerprint density at radius 2 is 2.17 bits per heavy atom. The second-order valence-electron chi connectivity index (χ2n) is 6.20. The van der Waals surface area contributed by atoms with E-state index in [-0.39, 0.29) is 11.9 Å². The van der Waals surface area contributed by atoms with Crippen LogP contribution in [0.3, 0.4) is 0 Å². The van der Waals surface area contributed by atoms with E-state index < -0.39 is 0 Å². The highest BCUT2D eigenvalue weighted by atomic mass is 19.1. The molecule has 1 aliphatic rings. The molecule has 1 fully saturated rings. The molecule has 0 saturated carbocycles. The summed E-state index contributed by atoms with van der Waals surface area (Å²) in [6, 6.07) is 7.15. The van der Waals surface area contributed by atoms with Crippen LogP contribution in [0.15, 0.2) is 28.8 Å². The molecular formula is C17H23FN4O.